The molecular weight excluding hydrogens is 380 g/mol. The van der Waals surface area contributed by atoms with Crippen molar-refractivity contribution in [3.05, 3.63) is 33.9 Å². The second-order valence-electron chi connectivity index (χ2n) is 8.76. The summed E-state index contributed by atoms with van der Waals surface area (Å²) in [6.45, 7) is 9.05. The number of carbonyl (C=O) groups excluding carboxylic acids is 1. The van der Waals surface area contributed by atoms with Gasteiger partial charge in [0, 0.05) is 43.9 Å². The third-order valence-electron chi connectivity index (χ3n) is 6.02. The summed E-state index contributed by atoms with van der Waals surface area (Å²) in [6.07, 6.45) is 2.92. The number of hydrogen-bond acceptors (Lipinski definition) is 5. The second-order valence-corrected chi connectivity index (χ2v) is 8.76. The van der Waals surface area contributed by atoms with E-state index in [1.54, 1.807) is 17.0 Å². The molecule has 2 fully saturated rings. The molecule has 2 saturated heterocycles. The van der Waals surface area contributed by atoms with E-state index in [1.807, 2.05) is 0 Å². The summed E-state index contributed by atoms with van der Waals surface area (Å²) in [5, 5.41) is 11.7. The van der Waals surface area contributed by atoms with Crippen LogP contribution in [0.15, 0.2) is 18.2 Å². The van der Waals surface area contributed by atoms with E-state index in [0.29, 0.717) is 30.3 Å². The number of hydrogen-bond donors (Lipinski definition) is 1. The van der Waals surface area contributed by atoms with Crippen molar-refractivity contribution in [1.82, 2.24) is 4.90 Å². The van der Waals surface area contributed by atoms with Gasteiger partial charge in [-0.1, -0.05) is 20.8 Å². The van der Waals surface area contributed by atoms with E-state index in [-0.39, 0.29) is 40.4 Å². The lowest BCUT2D eigenvalue weighted by molar-refractivity contribution is -0.384. The lowest BCUT2D eigenvalue weighted by atomic mass is 9.79. The molecule has 1 aromatic rings. The molecule has 0 aliphatic carbocycles. The molecule has 28 heavy (non-hydrogen) atoms. The number of piperidine rings is 2. The first-order chi connectivity index (χ1) is 12.7. The zero-order valence-electron chi connectivity index (χ0n) is 16.9. The molecule has 2 aliphatic rings. The Bertz CT molecular complexity index is 740. The first-order valence-corrected chi connectivity index (χ1v) is 9.77. The summed E-state index contributed by atoms with van der Waals surface area (Å²) >= 11 is 0. The molecule has 1 aromatic carbocycles. The minimum atomic E-state index is -0.374. The van der Waals surface area contributed by atoms with Crippen molar-refractivity contribution in [1.29, 1.82) is 0 Å². The van der Waals surface area contributed by atoms with E-state index >= 15 is 0 Å². The van der Waals surface area contributed by atoms with Crippen LogP contribution in [0, 0.1) is 21.4 Å². The zero-order chi connectivity index (χ0) is 19.8. The maximum Gasteiger partial charge on any atom is 0.293 e. The number of rotatable bonds is 3. The van der Waals surface area contributed by atoms with Crippen LogP contribution in [0.5, 0.6) is 0 Å². The molecule has 2 unspecified atom stereocenters. The van der Waals surface area contributed by atoms with Gasteiger partial charge in [0.1, 0.15) is 5.69 Å². The van der Waals surface area contributed by atoms with Crippen LogP contribution >= 0.6 is 12.4 Å². The van der Waals surface area contributed by atoms with Gasteiger partial charge in [0.25, 0.3) is 11.6 Å². The molecule has 1 amide bonds. The molecule has 8 heteroatoms. The average molecular weight is 411 g/mol. The molecule has 2 atom stereocenters. The molecule has 0 spiro atoms. The van der Waals surface area contributed by atoms with Crippen molar-refractivity contribution < 1.29 is 9.72 Å². The van der Waals surface area contributed by atoms with E-state index in [4.69, 9.17) is 5.73 Å². The molecular formula is C20H31ClN4O3. The summed E-state index contributed by atoms with van der Waals surface area (Å²) < 4.78 is 0. The molecule has 0 saturated carbocycles. The highest BCUT2D eigenvalue weighted by atomic mass is 35.5. The second kappa shape index (κ2) is 8.66. The maximum atomic E-state index is 13.0. The van der Waals surface area contributed by atoms with Crippen molar-refractivity contribution in [3.63, 3.8) is 0 Å². The molecule has 0 bridgehead atoms. The van der Waals surface area contributed by atoms with E-state index in [2.05, 4.69) is 25.7 Å². The number of nitrogens with two attached hydrogens (primary N) is 1. The van der Waals surface area contributed by atoms with E-state index in [1.165, 1.54) is 6.07 Å². The van der Waals surface area contributed by atoms with Crippen molar-refractivity contribution >= 4 is 29.7 Å². The van der Waals surface area contributed by atoms with Crippen LogP contribution in [0.4, 0.5) is 11.4 Å². The first-order valence-electron chi connectivity index (χ1n) is 9.77. The lowest BCUT2D eigenvalue weighted by Crippen LogP contribution is -2.54. The van der Waals surface area contributed by atoms with Gasteiger partial charge in [-0.05, 0) is 42.7 Å². The highest BCUT2D eigenvalue weighted by Crippen LogP contribution is 2.34. The standard InChI is InChI=1S/C20H30N4O3.ClH/c1-14-5-4-9-22(12-14)16-7-6-15(11-17(16)24(26)27)19(25)23-10-8-18(21)20(2,3)13-23;/h6-7,11,14,18H,4-5,8-10,12-13,21H2,1-3H3;1H. The number of likely N-dealkylation sites (tertiary alicyclic amines) is 1. The number of benzene rings is 1. The Kier molecular flexibility index (Phi) is 6.93. The van der Waals surface area contributed by atoms with Crippen LogP contribution in [0.2, 0.25) is 0 Å². The summed E-state index contributed by atoms with van der Waals surface area (Å²) in [5.74, 6) is 0.357. The molecule has 3 rings (SSSR count). The number of anilines is 1. The van der Waals surface area contributed by atoms with Crippen molar-refractivity contribution in [3.8, 4) is 0 Å². The Morgan fingerprint density at radius 1 is 1.29 bits per heavy atom. The van der Waals surface area contributed by atoms with Gasteiger partial charge >= 0.3 is 0 Å². The predicted octanol–water partition coefficient (Wildman–Crippen LogP) is 3.45. The number of nitrogens with zero attached hydrogens (tertiary/aromatic N) is 3. The Balaban J connectivity index is 0.00000280. The summed E-state index contributed by atoms with van der Waals surface area (Å²) in [7, 11) is 0. The number of carbonyl (C=O) groups is 1. The van der Waals surface area contributed by atoms with Gasteiger partial charge in [0.05, 0.1) is 4.92 Å². The fraction of sp³-hybridized carbons (Fsp3) is 0.650. The summed E-state index contributed by atoms with van der Waals surface area (Å²) in [6, 6.07) is 4.97. The molecule has 156 valence electrons. The fourth-order valence-corrected chi connectivity index (χ4v) is 4.21. The molecule has 7 nitrogen and oxygen atoms in total. The summed E-state index contributed by atoms with van der Waals surface area (Å²) in [5.41, 5.74) is 7.00. The van der Waals surface area contributed by atoms with E-state index in [0.717, 1.165) is 32.4 Å². The predicted molar refractivity (Wildman–Crippen MR) is 113 cm³/mol. The van der Waals surface area contributed by atoms with Crippen molar-refractivity contribution in [2.24, 2.45) is 17.1 Å². The molecule has 2 heterocycles. The number of amides is 1. The van der Waals surface area contributed by atoms with Crippen LogP contribution in [0.1, 0.15) is 50.4 Å². The molecule has 0 radical (unpaired) electrons. The maximum absolute atomic E-state index is 13.0. The largest absolute Gasteiger partial charge is 0.366 e. The Hall–Kier alpha value is -1.86. The molecule has 2 aliphatic heterocycles. The fourth-order valence-electron chi connectivity index (χ4n) is 4.21. The van der Waals surface area contributed by atoms with Crippen LogP contribution in [-0.2, 0) is 0 Å². The third-order valence-corrected chi connectivity index (χ3v) is 6.02. The minimum Gasteiger partial charge on any atom is -0.366 e. The van der Waals surface area contributed by atoms with Gasteiger partial charge in [0.2, 0.25) is 0 Å². The van der Waals surface area contributed by atoms with Gasteiger partial charge in [-0.25, -0.2) is 0 Å². The van der Waals surface area contributed by atoms with Gasteiger partial charge < -0.3 is 15.5 Å². The van der Waals surface area contributed by atoms with Gasteiger partial charge in [-0.2, -0.15) is 0 Å². The normalized spacial score (nSPS) is 24.4. The highest BCUT2D eigenvalue weighted by molar-refractivity contribution is 5.96. The average Bonchev–Trinajstić information content (AvgIpc) is 2.62. The Morgan fingerprint density at radius 3 is 2.61 bits per heavy atom. The van der Waals surface area contributed by atoms with Crippen molar-refractivity contribution in [2.75, 3.05) is 31.1 Å². The lowest BCUT2D eigenvalue weighted by Gasteiger charge is -2.42. The molecule has 2 N–H and O–H groups in total. The monoisotopic (exact) mass is 410 g/mol. The van der Waals surface area contributed by atoms with Crippen LogP contribution in [0.25, 0.3) is 0 Å². The minimum absolute atomic E-state index is 0. The van der Waals surface area contributed by atoms with E-state index in [9.17, 15) is 14.9 Å². The number of halogens is 1. The Morgan fingerprint density at radius 2 is 2.00 bits per heavy atom. The number of nitro groups is 1. The summed E-state index contributed by atoms with van der Waals surface area (Å²) in [4.78, 5) is 28.1. The smallest absolute Gasteiger partial charge is 0.293 e. The first kappa shape index (κ1) is 22.4. The Labute approximate surface area is 172 Å². The van der Waals surface area contributed by atoms with Gasteiger partial charge in [-0.15, -0.1) is 12.4 Å². The van der Waals surface area contributed by atoms with Gasteiger partial charge in [0.15, 0.2) is 0 Å². The van der Waals surface area contributed by atoms with Crippen LogP contribution < -0.4 is 10.6 Å². The van der Waals surface area contributed by atoms with Crippen molar-refractivity contribution in [2.45, 2.75) is 46.1 Å². The quantitative estimate of drug-likeness (QED) is 0.608. The van der Waals surface area contributed by atoms with Crippen LogP contribution in [0.3, 0.4) is 0 Å². The van der Waals surface area contributed by atoms with Gasteiger partial charge in [-0.3, -0.25) is 14.9 Å². The number of nitro benzene ring substituents is 1. The SMILES string of the molecule is CC1CCCN(c2ccc(C(=O)N3CCC(N)C(C)(C)C3)cc2[N+](=O)[O-])C1.Cl. The highest BCUT2D eigenvalue weighted by Gasteiger charge is 2.36. The molecule has 0 aromatic heterocycles. The third kappa shape index (κ3) is 4.58. The van der Waals surface area contributed by atoms with E-state index < -0.39 is 0 Å². The topological polar surface area (TPSA) is 92.7 Å². The van der Waals surface area contributed by atoms with Crippen LogP contribution in [-0.4, -0.2) is 48.0 Å². The zero-order valence-corrected chi connectivity index (χ0v) is 17.7.